The molecule has 2 N–H and O–H groups in total. The highest BCUT2D eigenvalue weighted by molar-refractivity contribution is 6.13. The van der Waals surface area contributed by atoms with Gasteiger partial charge in [-0.25, -0.2) is 0 Å². The molecule has 2 aliphatic carbocycles. The van der Waals surface area contributed by atoms with Crippen LogP contribution in [0.3, 0.4) is 0 Å². The van der Waals surface area contributed by atoms with Crippen molar-refractivity contribution in [3.63, 3.8) is 0 Å². The standard InChI is InChI=1S/C37H37N3O6/c1-4-39-33(42)26-17-16-25-27(31(26)35(39)44)20-28-34(43)40(38-24-14-11-21(3)12-15-24)36(45)37(28,23-9-7-6-8-10-23)32(25)22-13-18-29(41)30(19-22)46-5-2/h6-16,18-19,26-28,31-32,38,41H,4-5,17,20H2,1-3H3. The number of rotatable bonds is 7. The molecule has 0 bridgehead atoms. The molecule has 2 saturated heterocycles. The summed E-state index contributed by atoms with van der Waals surface area (Å²) in [5.74, 6) is -4.00. The molecule has 1 saturated carbocycles. The second-order valence-electron chi connectivity index (χ2n) is 12.7. The first-order valence-corrected chi connectivity index (χ1v) is 16.0. The summed E-state index contributed by atoms with van der Waals surface area (Å²) in [6.45, 7) is 6.19. The van der Waals surface area contributed by atoms with Gasteiger partial charge in [0.15, 0.2) is 11.5 Å². The zero-order valence-electron chi connectivity index (χ0n) is 26.1. The maximum Gasteiger partial charge on any atom is 0.260 e. The van der Waals surface area contributed by atoms with E-state index < -0.39 is 40.9 Å². The summed E-state index contributed by atoms with van der Waals surface area (Å²) in [5, 5.41) is 11.8. The first kappa shape index (κ1) is 29.8. The highest BCUT2D eigenvalue weighted by Crippen LogP contribution is 2.64. The lowest BCUT2D eigenvalue weighted by Gasteiger charge is -2.50. The van der Waals surface area contributed by atoms with Gasteiger partial charge in [0.05, 0.1) is 35.5 Å². The van der Waals surface area contributed by atoms with Gasteiger partial charge in [0.1, 0.15) is 0 Å². The molecule has 6 atom stereocenters. The van der Waals surface area contributed by atoms with Crippen molar-refractivity contribution in [2.45, 2.75) is 44.9 Å². The van der Waals surface area contributed by atoms with Crippen LogP contribution in [0.5, 0.6) is 11.5 Å². The number of hydrogen-bond acceptors (Lipinski definition) is 7. The Morgan fingerprint density at radius 1 is 0.913 bits per heavy atom. The number of carbonyl (C=O) groups is 4. The molecule has 4 amide bonds. The van der Waals surface area contributed by atoms with E-state index in [1.807, 2.05) is 74.5 Å². The number of imide groups is 2. The zero-order chi connectivity index (χ0) is 32.3. The smallest absolute Gasteiger partial charge is 0.260 e. The molecule has 3 fully saturated rings. The van der Waals surface area contributed by atoms with Crippen LogP contribution in [0.4, 0.5) is 5.69 Å². The number of allylic oxidation sites excluding steroid dienone is 2. The second-order valence-corrected chi connectivity index (χ2v) is 12.7. The van der Waals surface area contributed by atoms with Crippen LogP contribution < -0.4 is 10.2 Å². The van der Waals surface area contributed by atoms with E-state index in [1.165, 1.54) is 4.90 Å². The van der Waals surface area contributed by atoms with Crippen LogP contribution in [0.2, 0.25) is 0 Å². The molecule has 3 aromatic carbocycles. The summed E-state index contributed by atoms with van der Waals surface area (Å²) in [5.41, 5.74) is 5.62. The van der Waals surface area contributed by atoms with E-state index in [1.54, 1.807) is 25.1 Å². The monoisotopic (exact) mass is 619 g/mol. The van der Waals surface area contributed by atoms with Gasteiger partial charge in [-0.3, -0.25) is 29.5 Å². The van der Waals surface area contributed by atoms with Gasteiger partial charge < -0.3 is 9.84 Å². The number of nitrogens with zero attached hydrogens (tertiary/aromatic N) is 2. The average molecular weight is 620 g/mol. The fourth-order valence-electron chi connectivity index (χ4n) is 8.48. The number of phenols is 1. The summed E-state index contributed by atoms with van der Waals surface area (Å²) in [6.07, 6.45) is 2.64. The van der Waals surface area contributed by atoms with Crippen LogP contribution in [0, 0.1) is 30.6 Å². The van der Waals surface area contributed by atoms with Gasteiger partial charge in [0.2, 0.25) is 11.8 Å². The number of hydrazine groups is 1. The number of benzene rings is 3. The van der Waals surface area contributed by atoms with Gasteiger partial charge in [0.25, 0.3) is 11.8 Å². The lowest BCUT2D eigenvalue weighted by atomic mass is 9.49. The van der Waals surface area contributed by atoms with Crippen molar-refractivity contribution in [2.24, 2.45) is 23.7 Å². The Bertz CT molecular complexity index is 1770. The van der Waals surface area contributed by atoms with Crippen LogP contribution in [-0.2, 0) is 24.6 Å². The van der Waals surface area contributed by atoms with Gasteiger partial charge in [-0.15, -0.1) is 0 Å². The number of likely N-dealkylation sites (tertiary alicyclic amines) is 1. The third-order valence-electron chi connectivity index (χ3n) is 10.4. The Balaban J connectivity index is 1.46. The van der Waals surface area contributed by atoms with Crippen molar-refractivity contribution in [3.05, 3.63) is 101 Å². The molecular weight excluding hydrogens is 582 g/mol. The predicted molar refractivity (Wildman–Crippen MR) is 170 cm³/mol. The number of anilines is 1. The Morgan fingerprint density at radius 2 is 1.65 bits per heavy atom. The second kappa shape index (κ2) is 11.2. The Kier molecular flexibility index (Phi) is 7.22. The summed E-state index contributed by atoms with van der Waals surface area (Å²) in [6, 6.07) is 21.9. The van der Waals surface area contributed by atoms with Crippen molar-refractivity contribution in [1.29, 1.82) is 0 Å². The average Bonchev–Trinajstić information content (AvgIpc) is 3.44. The Hall–Kier alpha value is -4.92. The van der Waals surface area contributed by atoms with Crippen LogP contribution in [0.25, 0.3) is 0 Å². The molecule has 0 radical (unpaired) electrons. The van der Waals surface area contributed by atoms with Gasteiger partial charge in [-0.1, -0.05) is 65.7 Å². The van der Waals surface area contributed by atoms with Crippen LogP contribution in [-0.4, -0.2) is 51.8 Å². The molecule has 0 aromatic heterocycles. The number of ether oxygens (including phenoxy) is 1. The highest BCUT2D eigenvalue weighted by atomic mass is 16.5. The minimum absolute atomic E-state index is 0.0346. The lowest BCUT2D eigenvalue weighted by molar-refractivity contribution is -0.141. The number of aromatic hydroxyl groups is 1. The topological polar surface area (TPSA) is 116 Å². The molecule has 236 valence electrons. The summed E-state index contributed by atoms with van der Waals surface area (Å²) < 4.78 is 5.79. The molecule has 2 aliphatic heterocycles. The largest absolute Gasteiger partial charge is 0.504 e. The van der Waals surface area contributed by atoms with E-state index in [2.05, 4.69) is 5.43 Å². The SMILES string of the molecule is CCOc1cc(C2C3=CCC4C(=O)N(CC)C(=O)C4C3CC3C(=O)N(Nc4ccc(C)cc4)C(=O)C32c2ccccc2)ccc1O. The maximum atomic E-state index is 15.1. The van der Waals surface area contributed by atoms with Crippen LogP contribution in [0.15, 0.2) is 84.4 Å². The van der Waals surface area contributed by atoms with E-state index in [0.29, 0.717) is 29.8 Å². The fourth-order valence-corrected chi connectivity index (χ4v) is 8.48. The number of nitrogens with one attached hydrogen (secondary N) is 1. The third-order valence-corrected chi connectivity index (χ3v) is 10.4. The molecule has 3 aromatic rings. The van der Waals surface area contributed by atoms with Crippen molar-refractivity contribution in [3.8, 4) is 11.5 Å². The molecule has 4 aliphatic rings. The van der Waals surface area contributed by atoms with Crippen molar-refractivity contribution in [2.75, 3.05) is 18.6 Å². The normalized spacial score (nSPS) is 28.5. The van der Waals surface area contributed by atoms with Crippen LogP contribution in [0.1, 0.15) is 49.3 Å². The number of carbonyl (C=O) groups excluding carboxylic acids is 4. The van der Waals surface area contributed by atoms with E-state index in [0.717, 1.165) is 16.1 Å². The molecule has 2 heterocycles. The summed E-state index contributed by atoms with van der Waals surface area (Å²) >= 11 is 0. The lowest BCUT2D eigenvalue weighted by Crippen LogP contribution is -2.53. The number of fused-ring (bicyclic) bond motifs is 4. The third kappa shape index (κ3) is 4.21. The summed E-state index contributed by atoms with van der Waals surface area (Å²) in [7, 11) is 0. The van der Waals surface area contributed by atoms with E-state index in [-0.39, 0.29) is 42.2 Å². The fraction of sp³-hybridized carbons (Fsp3) is 0.351. The molecule has 9 heteroatoms. The zero-order valence-corrected chi connectivity index (χ0v) is 26.1. The van der Waals surface area contributed by atoms with Crippen molar-refractivity contribution >= 4 is 29.3 Å². The number of aryl methyl sites for hydroxylation is 1. The van der Waals surface area contributed by atoms with E-state index in [9.17, 15) is 19.5 Å². The van der Waals surface area contributed by atoms with E-state index in [4.69, 9.17) is 4.74 Å². The van der Waals surface area contributed by atoms with Crippen molar-refractivity contribution in [1.82, 2.24) is 9.91 Å². The van der Waals surface area contributed by atoms with Crippen LogP contribution >= 0.6 is 0 Å². The Morgan fingerprint density at radius 3 is 2.35 bits per heavy atom. The number of amides is 4. The highest BCUT2D eigenvalue weighted by Gasteiger charge is 2.70. The Labute approximate surface area is 267 Å². The van der Waals surface area contributed by atoms with Gasteiger partial charge in [-0.2, -0.15) is 5.01 Å². The minimum atomic E-state index is -1.37. The first-order chi connectivity index (χ1) is 22.2. The van der Waals surface area contributed by atoms with E-state index >= 15 is 4.79 Å². The quantitative estimate of drug-likeness (QED) is 0.279. The number of phenolic OH excluding ortho intramolecular Hbond substituents is 1. The first-order valence-electron chi connectivity index (χ1n) is 16.0. The van der Waals surface area contributed by atoms with Gasteiger partial charge >= 0.3 is 0 Å². The molecule has 6 unspecified atom stereocenters. The van der Waals surface area contributed by atoms with Gasteiger partial charge in [0, 0.05) is 12.5 Å². The molecule has 46 heavy (non-hydrogen) atoms. The van der Waals surface area contributed by atoms with Gasteiger partial charge in [-0.05, 0) is 74.9 Å². The molecule has 7 rings (SSSR count). The molecular formula is C37H37N3O6. The summed E-state index contributed by atoms with van der Waals surface area (Å²) in [4.78, 5) is 58.3. The minimum Gasteiger partial charge on any atom is -0.504 e. The molecule has 0 spiro atoms. The number of hydrogen-bond donors (Lipinski definition) is 2. The maximum absolute atomic E-state index is 15.1. The predicted octanol–water partition coefficient (Wildman–Crippen LogP) is 5.10. The molecule has 9 nitrogen and oxygen atoms in total. The van der Waals surface area contributed by atoms with Crippen molar-refractivity contribution < 1.29 is 29.0 Å².